The number of hydrogen-bond donors (Lipinski definition) is 0. The van der Waals surface area contributed by atoms with E-state index in [1.54, 1.807) is 0 Å². The molecule has 122 valence electrons. The Morgan fingerprint density at radius 1 is 0.692 bits per heavy atom. The van der Waals surface area contributed by atoms with E-state index in [0.717, 1.165) is 16.7 Å². The largest absolute Gasteiger partial charge is 0.292 e. The van der Waals surface area contributed by atoms with Crippen LogP contribution in [0.15, 0.2) is 78.9 Å². The minimum Gasteiger partial charge on any atom is -0.292 e. The van der Waals surface area contributed by atoms with Gasteiger partial charge in [-0.1, -0.05) is 54.6 Å². The normalized spacial score (nSPS) is 12.0. The van der Waals surface area contributed by atoms with Crippen molar-refractivity contribution in [1.29, 1.82) is 0 Å². The smallest absolute Gasteiger partial charge is 0.147 e. The van der Waals surface area contributed by atoms with Gasteiger partial charge in [-0.15, -0.1) is 0 Å². The van der Waals surface area contributed by atoms with Gasteiger partial charge in [0.25, 0.3) is 0 Å². The zero-order valence-electron chi connectivity index (χ0n) is 13.8. The fourth-order valence-electron chi connectivity index (χ4n) is 4.09. The monoisotopic (exact) mass is 444 g/mol. The SMILES string of the molecule is Ic1ccc2c3ccc4ccccc4c3c3nc4ccccc4n3c2c1. The van der Waals surface area contributed by atoms with E-state index in [0.29, 0.717) is 0 Å². The Labute approximate surface area is 163 Å². The summed E-state index contributed by atoms with van der Waals surface area (Å²) in [6.45, 7) is 0. The van der Waals surface area contributed by atoms with Gasteiger partial charge in [-0.05, 0) is 63.0 Å². The van der Waals surface area contributed by atoms with Gasteiger partial charge in [0.2, 0.25) is 0 Å². The van der Waals surface area contributed by atoms with E-state index in [1.165, 1.54) is 36.0 Å². The van der Waals surface area contributed by atoms with Crippen LogP contribution in [0.2, 0.25) is 0 Å². The van der Waals surface area contributed by atoms with E-state index in [4.69, 9.17) is 4.98 Å². The van der Waals surface area contributed by atoms with Gasteiger partial charge < -0.3 is 0 Å². The summed E-state index contributed by atoms with van der Waals surface area (Å²) in [5.74, 6) is 0. The molecular weight excluding hydrogens is 431 g/mol. The Balaban J connectivity index is 2.06. The van der Waals surface area contributed by atoms with E-state index >= 15 is 0 Å². The number of nitrogens with zero attached hydrogens (tertiary/aromatic N) is 2. The van der Waals surface area contributed by atoms with Crippen LogP contribution in [0.3, 0.4) is 0 Å². The van der Waals surface area contributed by atoms with Crippen molar-refractivity contribution in [2.24, 2.45) is 0 Å². The molecule has 2 heterocycles. The highest BCUT2D eigenvalue weighted by Gasteiger charge is 2.15. The minimum atomic E-state index is 1.03. The molecule has 2 aromatic heterocycles. The maximum atomic E-state index is 5.03. The molecule has 0 spiro atoms. The summed E-state index contributed by atoms with van der Waals surface area (Å²) in [6.07, 6.45) is 0. The van der Waals surface area contributed by atoms with Gasteiger partial charge in [0, 0.05) is 14.3 Å². The average Bonchev–Trinajstić information content (AvgIpc) is 3.07. The molecule has 0 atom stereocenters. The number of pyridine rings is 1. The molecule has 26 heavy (non-hydrogen) atoms. The summed E-state index contributed by atoms with van der Waals surface area (Å²) in [7, 11) is 0. The molecule has 0 radical (unpaired) electrons. The Bertz CT molecular complexity index is 1490. The van der Waals surface area contributed by atoms with Gasteiger partial charge >= 0.3 is 0 Å². The fourth-order valence-corrected chi connectivity index (χ4v) is 4.57. The highest BCUT2D eigenvalue weighted by molar-refractivity contribution is 14.1. The molecule has 0 aliphatic heterocycles. The van der Waals surface area contributed by atoms with Crippen molar-refractivity contribution in [2.75, 3.05) is 0 Å². The van der Waals surface area contributed by atoms with Gasteiger partial charge in [-0.3, -0.25) is 4.40 Å². The molecule has 6 aromatic rings. The first-order valence-electron chi connectivity index (χ1n) is 8.61. The van der Waals surface area contributed by atoms with Crippen LogP contribution in [0.1, 0.15) is 0 Å². The van der Waals surface area contributed by atoms with Gasteiger partial charge in [0.05, 0.1) is 16.6 Å². The summed E-state index contributed by atoms with van der Waals surface area (Å²) >= 11 is 2.39. The summed E-state index contributed by atoms with van der Waals surface area (Å²) in [5, 5.41) is 6.26. The molecule has 0 bridgehead atoms. The number of fused-ring (bicyclic) bond motifs is 10. The number of rotatable bonds is 0. The zero-order valence-corrected chi connectivity index (χ0v) is 15.9. The van der Waals surface area contributed by atoms with Crippen LogP contribution in [0.25, 0.3) is 49.1 Å². The van der Waals surface area contributed by atoms with Crippen LogP contribution in [-0.2, 0) is 0 Å². The zero-order chi connectivity index (χ0) is 17.3. The summed E-state index contributed by atoms with van der Waals surface area (Å²) in [6, 6.07) is 28.1. The first-order valence-corrected chi connectivity index (χ1v) is 9.69. The third kappa shape index (κ3) is 1.84. The van der Waals surface area contributed by atoms with Crippen LogP contribution in [0.4, 0.5) is 0 Å². The molecule has 6 rings (SSSR count). The van der Waals surface area contributed by atoms with E-state index in [2.05, 4.69) is 106 Å². The first kappa shape index (κ1) is 14.5. The van der Waals surface area contributed by atoms with Gasteiger partial charge in [-0.25, -0.2) is 4.98 Å². The molecule has 0 saturated carbocycles. The topological polar surface area (TPSA) is 17.3 Å². The third-order valence-electron chi connectivity index (χ3n) is 5.20. The van der Waals surface area contributed by atoms with Crippen LogP contribution in [-0.4, -0.2) is 9.38 Å². The second kappa shape index (κ2) is 5.17. The van der Waals surface area contributed by atoms with E-state index in [1.807, 2.05) is 0 Å². The molecule has 0 fully saturated rings. The lowest BCUT2D eigenvalue weighted by atomic mass is 10.00. The molecule has 0 unspecified atom stereocenters. The molecule has 0 amide bonds. The molecule has 0 saturated heterocycles. The number of hydrogen-bond acceptors (Lipinski definition) is 1. The highest BCUT2D eigenvalue weighted by atomic mass is 127. The minimum absolute atomic E-state index is 1.03. The predicted molar refractivity (Wildman–Crippen MR) is 118 cm³/mol. The Morgan fingerprint density at radius 2 is 1.50 bits per heavy atom. The number of benzene rings is 4. The van der Waals surface area contributed by atoms with Gasteiger partial charge in [0.15, 0.2) is 0 Å². The van der Waals surface area contributed by atoms with Crippen molar-refractivity contribution < 1.29 is 0 Å². The Morgan fingerprint density at radius 3 is 2.46 bits per heavy atom. The number of imidazole rings is 1. The van der Waals surface area contributed by atoms with Crippen molar-refractivity contribution in [3.63, 3.8) is 0 Å². The number of halogens is 1. The van der Waals surface area contributed by atoms with E-state index in [9.17, 15) is 0 Å². The van der Waals surface area contributed by atoms with Gasteiger partial charge in [-0.2, -0.15) is 0 Å². The molecule has 3 heteroatoms. The second-order valence-electron chi connectivity index (χ2n) is 6.63. The standard InChI is InChI=1S/C23H13IN2/c24-15-10-12-17-18-11-9-14-5-1-2-6-16(14)22(18)23-25-19-7-3-4-8-20(19)26(23)21(17)13-15/h1-13H. The molecular formula is C23H13IN2. The lowest BCUT2D eigenvalue weighted by molar-refractivity contribution is 1.31. The molecule has 0 aliphatic carbocycles. The average molecular weight is 444 g/mol. The summed E-state index contributed by atoms with van der Waals surface area (Å²) in [5.41, 5.74) is 4.44. The van der Waals surface area contributed by atoms with Crippen molar-refractivity contribution in [3.8, 4) is 0 Å². The Hall–Kier alpha value is -2.66. The van der Waals surface area contributed by atoms with Crippen LogP contribution in [0.5, 0.6) is 0 Å². The molecule has 4 aromatic carbocycles. The van der Waals surface area contributed by atoms with Crippen molar-refractivity contribution in [1.82, 2.24) is 9.38 Å². The predicted octanol–water partition coefficient (Wildman–Crippen LogP) is 6.55. The lowest BCUT2D eigenvalue weighted by Gasteiger charge is -2.11. The summed E-state index contributed by atoms with van der Waals surface area (Å²) < 4.78 is 3.55. The van der Waals surface area contributed by atoms with E-state index in [-0.39, 0.29) is 0 Å². The van der Waals surface area contributed by atoms with Crippen LogP contribution in [0, 0.1) is 3.57 Å². The first-order chi connectivity index (χ1) is 12.8. The number of aromatic nitrogens is 2. The van der Waals surface area contributed by atoms with E-state index < -0.39 is 0 Å². The molecule has 0 N–H and O–H groups in total. The fraction of sp³-hybridized carbons (Fsp3) is 0. The van der Waals surface area contributed by atoms with Crippen molar-refractivity contribution in [3.05, 3.63) is 82.4 Å². The quantitative estimate of drug-likeness (QED) is 0.192. The van der Waals surface area contributed by atoms with Gasteiger partial charge in [0.1, 0.15) is 5.65 Å². The van der Waals surface area contributed by atoms with Crippen LogP contribution >= 0.6 is 22.6 Å². The maximum Gasteiger partial charge on any atom is 0.147 e. The van der Waals surface area contributed by atoms with Crippen LogP contribution < -0.4 is 0 Å². The maximum absolute atomic E-state index is 5.03. The molecule has 2 nitrogen and oxygen atoms in total. The molecule has 0 aliphatic rings. The lowest BCUT2D eigenvalue weighted by Crippen LogP contribution is -1.93. The summed E-state index contributed by atoms with van der Waals surface area (Å²) in [4.78, 5) is 5.03. The van der Waals surface area contributed by atoms with Crippen molar-refractivity contribution in [2.45, 2.75) is 0 Å². The second-order valence-corrected chi connectivity index (χ2v) is 7.88. The Kier molecular flexibility index (Phi) is 2.89. The van der Waals surface area contributed by atoms with Crippen molar-refractivity contribution >= 4 is 71.7 Å². The third-order valence-corrected chi connectivity index (χ3v) is 5.88. The highest BCUT2D eigenvalue weighted by Crippen LogP contribution is 2.36. The number of para-hydroxylation sites is 2.